The van der Waals surface area contributed by atoms with Gasteiger partial charge in [0, 0.05) is 0 Å². The average Bonchev–Trinajstić information content (AvgIpc) is 2.37. The number of rotatable bonds is 2. The van der Waals surface area contributed by atoms with Gasteiger partial charge in [0.1, 0.15) is 5.25 Å². The Bertz CT molecular complexity index is 664. The molecule has 3 nitrogen and oxygen atoms in total. The fraction of sp³-hybridized carbons (Fsp3) is 0.471. The minimum Gasteiger partial charge on any atom is -0.293 e. The topological polar surface area (TPSA) is 51.2 Å². The van der Waals surface area contributed by atoms with Crippen LogP contribution in [0.2, 0.25) is 0 Å². The van der Waals surface area contributed by atoms with Crippen molar-refractivity contribution in [3.63, 3.8) is 0 Å². The van der Waals surface area contributed by atoms with Crippen molar-refractivity contribution in [2.75, 3.05) is 0 Å². The summed E-state index contributed by atoms with van der Waals surface area (Å²) in [6.07, 6.45) is 2.14. The molecule has 1 aromatic carbocycles. The Morgan fingerprint density at radius 2 is 1.67 bits per heavy atom. The number of carbonyl (C=O) groups excluding carboxylic acids is 1. The van der Waals surface area contributed by atoms with E-state index in [0.29, 0.717) is 6.42 Å². The van der Waals surface area contributed by atoms with Gasteiger partial charge in [-0.25, -0.2) is 8.42 Å². The summed E-state index contributed by atoms with van der Waals surface area (Å²) in [6, 6.07) is 8.27. The summed E-state index contributed by atoms with van der Waals surface area (Å²) in [6.45, 7) is 7.88. The molecule has 0 saturated heterocycles. The van der Waals surface area contributed by atoms with Crippen molar-refractivity contribution in [2.24, 2.45) is 11.3 Å². The third-order valence-corrected chi connectivity index (χ3v) is 6.25. The van der Waals surface area contributed by atoms with Gasteiger partial charge in [-0.1, -0.05) is 44.5 Å². The van der Waals surface area contributed by atoms with E-state index < -0.39 is 15.1 Å². The van der Waals surface area contributed by atoms with Crippen LogP contribution in [0.3, 0.4) is 0 Å². The highest BCUT2D eigenvalue weighted by molar-refractivity contribution is 7.92. The largest absolute Gasteiger partial charge is 0.293 e. The van der Waals surface area contributed by atoms with E-state index in [1.807, 2.05) is 27.7 Å². The molecule has 0 aliphatic heterocycles. The van der Waals surface area contributed by atoms with E-state index in [-0.39, 0.29) is 22.0 Å². The van der Waals surface area contributed by atoms with Crippen LogP contribution in [0.15, 0.2) is 46.9 Å². The van der Waals surface area contributed by atoms with Gasteiger partial charge in [-0.05, 0) is 42.9 Å². The first-order valence-electron chi connectivity index (χ1n) is 7.14. The Balaban J connectivity index is 2.56. The lowest BCUT2D eigenvalue weighted by Gasteiger charge is -2.38. The fourth-order valence-electron chi connectivity index (χ4n) is 2.92. The first-order valence-corrected chi connectivity index (χ1v) is 8.68. The van der Waals surface area contributed by atoms with Gasteiger partial charge in [-0.3, -0.25) is 4.79 Å². The van der Waals surface area contributed by atoms with E-state index in [4.69, 9.17) is 0 Å². The smallest absolute Gasteiger partial charge is 0.188 e. The normalized spacial score (nSPS) is 23.8. The predicted molar refractivity (Wildman–Crippen MR) is 83.7 cm³/mol. The first kappa shape index (κ1) is 16.0. The predicted octanol–water partition coefficient (Wildman–Crippen LogP) is 3.41. The summed E-state index contributed by atoms with van der Waals surface area (Å²) >= 11 is 0. The maximum absolute atomic E-state index is 12.9. The molecule has 2 atom stereocenters. The van der Waals surface area contributed by atoms with E-state index in [9.17, 15) is 13.2 Å². The number of carbonyl (C=O) groups is 1. The molecule has 1 aromatic rings. The molecule has 0 radical (unpaired) electrons. The molecule has 114 valence electrons. The number of hydrogen-bond donors (Lipinski definition) is 0. The van der Waals surface area contributed by atoms with Crippen molar-refractivity contribution >= 4 is 15.6 Å². The molecule has 0 amide bonds. The SMILES string of the molecule is CC1=CC(=O)[C@@H](S(=O)(=O)c2ccccc2)[C@H](C(C)(C)C)C1. The molecule has 2 rings (SSSR count). The minimum atomic E-state index is -3.66. The van der Waals surface area contributed by atoms with Crippen LogP contribution in [-0.4, -0.2) is 19.5 Å². The molecule has 1 aliphatic rings. The molecule has 0 spiro atoms. The van der Waals surface area contributed by atoms with Crippen LogP contribution in [0.1, 0.15) is 34.1 Å². The minimum absolute atomic E-state index is 0.208. The second kappa shape index (κ2) is 5.41. The second-order valence-corrected chi connectivity index (χ2v) is 8.92. The van der Waals surface area contributed by atoms with Gasteiger partial charge < -0.3 is 0 Å². The van der Waals surface area contributed by atoms with Crippen molar-refractivity contribution in [3.05, 3.63) is 42.0 Å². The van der Waals surface area contributed by atoms with Gasteiger partial charge in [0.2, 0.25) is 0 Å². The Labute approximate surface area is 127 Å². The molecule has 0 bridgehead atoms. The molecule has 1 aliphatic carbocycles. The maximum atomic E-state index is 12.9. The van der Waals surface area contributed by atoms with Crippen LogP contribution in [0.5, 0.6) is 0 Å². The first-order chi connectivity index (χ1) is 9.64. The standard InChI is InChI=1S/C17H22O3S/c1-12-10-14(17(2,3)4)16(15(18)11-12)21(19,20)13-8-6-5-7-9-13/h5-9,11,14,16H,10H2,1-4H3/t14-,16+/m1/s1. The van der Waals surface area contributed by atoms with Crippen molar-refractivity contribution in [2.45, 2.75) is 44.3 Å². The zero-order valence-electron chi connectivity index (χ0n) is 13.0. The van der Waals surface area contributed by atoms with Gasteiger partial charge in [-0.15, -0.1) is 0 Å². The van der Waals surface area contributed by atoms with Crippen molar-refractivity contribution in [1.82, 2.24) is 0 Å². The molecule has 0 aromatic heterocycles. The lowest BCUT2D eigenvalue weighted by atomic mass is 9.72. The van der Waals surface area contributed by atoms with E-state index in [0.717, 1.165) is 5.57 Å². The third-order valence-electron chi connectivity index (χ3n) is 4.09. The van der Waals surface area contributed by atoms with E-state index in [2.05, 4.69) is 0 Å². The zero-order valence-corrected chi connectivity index (χ0v) is 13.8. The highest BCUT2D eigenvalue weighted by Gasteiger charge is 2.46. The Hall–Kier alpha value is -1.42. The highest BCUT2D eigenvalue weighted by Crippen LogP contribution is 2.41. The van der Waals surface area contributed by atoms with Gasteiger partial charge >= 0.3 is 0 Å². The zero-order chi connectivity index (χ0) is 15.8. The summed E-state index contributed by atoms with van der Waals surface area (Å²) in [4.78, 5) is 12.7. The summed E-state index contributed by atoms with van der Waals surface area (Å²) in [7, 11) is -3.66. The van der Waals surface area contributed by atoms with Crippen molar-refractivity contribution in [1.29, 1.82) is 0 Å². The summed E-state index contributed by atoms with van der Waals surface area (Å²) in [5.74, 6) is -0.497. The van der Waals surface area contributed by atoms with Crippen LogP contribution in [0.4, 0.5) is 0 Å². The van der Waals surface area contributed by atoms with Crippen LogP contribution in [-0.2, 0) is 14.6 Å². The Kier molecular flexibility index (Phi) is 4.11. The molecule has 0 unspecified atom stereocenters. The molecule has 0 N–H and O–H groups in total. The van der Waals surface area contributed by atoms with E-state index >= 15 is 0 Å². The molecule has 0 fully saturated rings. The highest BCUT2D eigenvalue weighted by atomic mass is 32.2. The van der Waals surface area contributed by atoms with Gasteiger partial charge in [-0.2, -0.15) is 0 Å². The number of hydrogen-bond acceptors (Lipinski definition) is 3. The number of benzene rings is 1. The molecule has 4 heteroatoms. The van der Waals surface area contributed by atoms with Gasteiger partial charge in [0.05, 0.1) is 4.90 Å². The Morgan fingerprint density at radius 1 is 1.10 bits per heavy atom. The monoisotopic (exact) mass is 306 g/mol. The van der Waals surface area contributed by atoms with Crippen molar-refractivity contribution < 1.29 is 13.2 Å². The molecule has 21 heavy (non-hydrogen) atoms. The number of allylic oxidation sites excluding steroid dienone is 2. The lowest BCUT2D eigenvalue weighted by molar-refractivity contribution is -0.116. The Morgan fingerprint density at radius 3 is 2.19 bits per heavy atom. The van der Waals surface area contributed by atoms with Crippen LogP contribution in [0, 0.1) is 11.3 Å². The van der Waals surface area contributed by atoms with Crippen LogP contribution >= 0.6 is 0 Å². The molecular weight excluding hydrogens is 284 g/mol. The van der Waals surface area contributed by atoms with Crippen LogP contribution < -0.4 is 0 Å². The summed E-state index contributed by atoms with van der Waals surface area (Å²) < 4.78 is 25.8. The lowest BCUT2D eigenvalue weighted by Crippen LogP contribution is -2.45. The van der Waals surface area contributed by atoms with E-state index in [1.165, 1.54) is 6.08 Å². The van der Waals surface area contributed by atoms with Gasteiger partial charge in [0.25, 0.3) is 0 Å². The van der Waals surface area contributed by atoms with Crippen molar-refractivity contribution in [3.8, 4) is 0 Å². The third kappa shape index (κ3) is 3.10. The fourth-order valence-corrected chi connectivity index (χ4v) is 5.06. The maximum Gasteiger partial charge on any atom is 0.188 e. The summed E-state index contributed by atoms with van der Waals surface area (Å²) in [5.41, 5.74) is 0.706. The number of sulfone groups is 1. The second-order valence-electron chi connectivity index (χ2n) is 6.85. The van der Waals surface area contributed by atoms with E-state index in [1.54, 1.807) is 30.3 Å². The van der Waals surface area contributed by atoms with Gasteiger partial charge in [0.15, 0.2) is 15.6 Å². The number of ketones is 1. The van der Waals surface area contributed by atoms with Crippen LogP contribution in [0.25, 0.3) is 0 Å². The molecule has 0 saturated carbocycles. The molecule has 0 heterocycles. The summed E-state index contributed by atoms with van der Waals surface area (Å²) in [5, 5.41) is -0.983. The quantitative estimate of drug-likeness (QED) is 0.841. The average molecular weight is 306 g/mol. The molecular formula is C17H22O3S.